The van der Waals surface area contributed by atoms with Crippen molar-refractivity contribution >= 4 is 5.91 Å². The molecule has 2 fully saturated rings. The first-order chi connectivity index (χ1) is 9.54. The maximum Gasteiger partial charge on any atom is 0.256 e. The number of rotatable bonds is 1. The number of fused-ring (bicyclic) bond motifs is 1. The number of halogens is 1. The van der Waals surface area contributed by atoms with Gasteiger partial charge in [-0.2, -0.15) is 0 Å². The van der Waals surface area contributed by atoms with Crippen molar-refractivity contribution in [2.45, 2.75) is 32.2 Å². The van der Waals surface area contributed by atoms with Crippen LogP contribution < -0.4 is 5.73 Å². The number of carbonyl (C=O) groups excluding carboxylic acids is 1. The normalized spacial score (nSPS) is 29.4. The van der Waals surface area contributed by atoms with Gasteiger partial charge in [0.2, 0.25) is 0 Å². The first-order valence-corrected chi connectivity index (χ1v) is 7.35. The monoisotopic (exact) mass is 276 g/mol. The number of carbonyl (C=O) groups is 1. The molecular formula is C16H21FN2O. The van der Waals surface area contributed by atoms with Crippen molar-refractivity contribution in [3.05, 3.63) is 35.1 Å². The molecule has 2 aliphatic rings. The van der Waals surface area contributed by atoms with Gasteiger partial charge < -0.3 is 10.6 Å². The van der Waals surface area contributed by atoms with Crippen LogP contribution in [-0.4, -0.2) is 29.9 Å². The summed E-state index contributed by atoms with van der Waals surface area (Å²) < 4.78 is 13.9. The maximum absolute atomic E-state index is 13.9. The minimum absolute atomic E-state index is 0.175. The summed E-state index contributed by atoms with van der Waals surface area (Å²) >= 11 is 0. The predicted molar refractivity (Wildman–Crippen MR) is 75.8 cm³/mol. The second-order valence-electron chi connectivity index (χ2n) is 6.29. The van der Waals surface area contributed by atoms with Gasteiger partial charge >= 0.3 is 0 Å². The molecule has 1 aromatic carbocycles. The zero-order valence-corrected chi connectivity index (χ0v) is 11.8. The van der Waals surface area contributed by atoms with Crippen LogP contribution in [0, 0.1) is 24.6 Å². The summed E-state index contributed by atoms with van der Waals surface area (Å²) in [5.41, 5.74) is 7.03. The van der Waals surface area contributed by atoms with Gasteiger partial charge in [0, 0.05) is 19.1 Å². The van der Waals surface area contributed by atoms with Crippen molar-refractivity contribution in [3.8, 4) is 0 Å². The van der Waals surface area contributed by atoms with Gasteiger partial charge in [-0.1, -0.05) is 6.07 Å². The molecule has 0 aromatic heterocycles. The lowest BCUT2D eigenvalue weighted by atomic mass is 9.79. The van der Waals surface area contributed by atoms with Crippen LogP contribution in [0.25, 0.3) is 0 Å². The molecule has 1 unspecified atom stereocenters. The van der Waals surface area contributed by atoms with Crippen LogP contribution in [0.2, 0.25) is 0 Å². The fraction of sp³-hybridized carbons (Fsp3) is 0.562. The summed E-state index contributed by atoms with van der Waals surface area (Å²) in [5, 5.41) is 0. The third-order valence-corrected chi connectivity index (χ3v) is 4.73. The fourth-order valence-electron chi connectivity index (χ4n) is 3.60. The molecule has 1 heterocycles. The Hall–Kier alpha value is -1.42. The number of hydrogen-bond acceptors (Lipinski definition) is 2. The van der Waals surface area contributed by atoms with Gasteiger partial charge in [0.05, 0.1) is 5.56 Å². The van der Waals surface area contributed by atoms with E-state index >= 15 is 0 Å². The summed E-state index contributed by atoms with van der Waals surface area (Å²) in [6.07, 6.45) is 3.12. The third kappa shape index (κ3) is 2.44. The smallest absolute Gasteiger partial charge is 0.256 e. The van der Waals surface area contributed by atoms with E-state index in [4.69, 9.17) is 5.73 Å². The molecule has 0 radical (unpaired) electrons. The molecule has 0 bridgehead atoms. The van der Waals surface area contributed by atoms with E-state index in [9.17, 15) is 9.18 Å². The zero-order chi connectivity index (χ0) is 14.3. The molecule has 1 aliphatic heterocycles. The van der Waals surface area contributed by atoms with Crippen molar-refractivity contribution in [2.75, 3.05) is 13.1 Å². The lowest BCUT2D eigenvalue weighted by Crippen LogP contribution is -2.32. The lowest BCUT2D eigenvalue weighted by Gasteiger charge is -2.27. The topological polar surface area (TPSA) is 46.3 Å². The van der Waals surface area contributed by atoms with E-state index < -0.39 is 5.82 Å². The van der Waals surface area contributed by atoms with E-state index in [-0.39, 0.29) is 17.5 Å². The third-order valence-electron chi connectivity index (χ3n) is 4.73. The van der Waals surface area contributed by atoms with Crippen molar-refractivity contribution in [3.63, 3.8) is 0 Å². The molecule has 1 aromatic rings. The summed E-state index contributed by atoms with van der Waals surface area (Å²) in [7, 11) is 0. The Bertz CT molecular complexity index is 531. The molecule has 3 nitrogen and oxygen atoms in total. The highest BCUT2D eigenvalue weighted by molar-refractivity contribution is 5.94. The number of hydrogen-bond donors (Lipinski definition) is 1. The van der Waals surface area contributed by atoms with Gasteiger partial charge in [0.1, 0.15) is 5.82 Å². The average molecular weight is 276 g/mol. The zero-order valence-electron chi connectivity index (χ0n) is 11.8. The van der Waals surface area contributed by atoms with Gasteiger partial charge in [-0.25, -0.2) is 4.39 Å². The van der Waals surface area contributed by atoms with E-state index in [0.717, 1.165) is 37.9 Å². The summed E-state index contributed by atoms with van der Waals surface area (Å²) in [5.74, 6) is 0.454. The van der Waals surface area contributed by atoms with Gasteiger partial charge in [-0.3, -0.25) is 4.79 Å². The van der Waals surface area contributed by atoms with E-state index in [0.29, 0.717) is 11.8 Å². The van der Waals surface area contributed by atoms with Gasteiger partial charge in [0.15, 0.2) is 0 Å². The molecule has 1 saturated heterocycles. The van der Waals surface area contributed by atoms with Crippen LogP contribution in [0.15, 0.2) is 18.2 Å². The molecule has 0 spiro atoms. The standard InChI is InChI=1S/C16H21FN2O/c1-10-2-5-14(15(17)6-10)16(20)19-8-11-3-4-13(18)7-12(11)9-19/h2,5-6,11-13H,3-4,7-9,18H2,1H3/t11-,12+,13?/m1/s1. The Labute approximate surface area is 118 Å². The van der Waals surface area contributed by atoms with Crippen LogP contribution in [0.3, 0.4) is 0 Å². The second kappa shape index (κ2) is 5.17. The molecule has 3 atom stereocenters. The number of benzene rings is 1. The summed E-state index contributed by atoms with van der Waals surface area (Å²) in [4.78, 5) is 14.3. The van der Waals surface area contributed by atoms with Crippen LogP contribution >= 0.6 is 0 Å². The minimum Gasteiger partial charge on any atom is -0.338 e. The van der Waals surface area contributed by atoms with Crippen LogP contribution in [0.1, 0.15) is 35.2 Å². The number of amides is 1. The Balaban J connectivity index is 1.75. The van der Waals surface area contributed by atoms with Crippen molar-refractivity contribution in [1.82, 2.24) is 4.90 Å². The summed E-state index contributed by atoms with van der Waals surface area (Å²) in [6, 6.07) is 5.07. The van der Waals surface area contributed by atoms with Gasteiger partial charge in [-0.15, -0.1) is 0 Å². The number of likely N-dealkylation sites (tertiary alicyclic amines) is 1. The van der Waals surface area contributed by atoms with E-state index in [2.05, 4.69) is 0 Å². The Morgan fingerprint density at radius 1 is 1.30 bits per heavy atom. The van der Waals surface area contributed by atoms with Crippen molar-refractivity contribution in [1.29, 1.82) is 0 Å². The van der Waals surface area contributed by atoms with Crippen LogP contribution in [0.4, 0.5) is 4.39 Å². The van der Waals surface area contributed by atoms with Crippen molar-refractivity contribution < 1.29 is 9.18 Å². The largest absolute Gasteiger partial charge is 0.338 e. The molecule has 3 rings (SSSR count). The highest BCUT2D eigenvalue weighted by Gasteiger charge is 2.39. The van der Waals surface area contributed by atoms with Crippen LogP contribution in [-0.2, 0) is 0 Å². The second-order valence-corrected chi connectivity index (χ2v) is 6.29. The Morgan fingerprint density at radius 2 is 2.05 bits per heavy atom. The van der Waals surface area contributed by atoms with E-state index in [1.165, 1.54) is 6.07 Å². The molecule has 1 saturated carbocycles. The maximum atomic E-state index is 13.9. The molecule has 2 N–H and O–H groups in total. The molecule has 1 aliphatic carbocycles. The Morgan fingerprint density at radius 3 is 2.80 bits per heavy atom. The molecule has 1 amide bonds. The molecule has 20 heavy (non-hydrogen) atoms. The highest BCUT2D eigenvalue weighted by Crippen LogP contribution is 2.36. The number of nitrogens with two attached hydrogens (primary N) is 1. The number of aryl methyl sites for hydroxylation is 1. The number of nitrogens with zero attached hydrogens (tertiary/aromatic N) is 1. The minimum atomic E-state index is -0.415. The van der Waals surface area contributed by atoms with Crippen molar-refractivity contribution in [2.24, 2.45) is 17.6 Å². The fourth-order valence-corrected chi connectivity index (χ4v) is 3.60. The quantitative estimate of drug-likeness (QED) is 0.855. The Kier molecular flexibility index (Phi) is 3.50. The van der Waals surface area contributed by atoms with E-state index in [1.54, 1.807) is 17.0 Å². The lowest BCUT2D eigenvalue weighted by molar-refractivity contribution is 0.0779. The molecular weight excluding hydrogens is 255 g/mol. The van der Waals surface area contributed by atoms with E-state index in [1.807, 2.05) is 6.92 Å². The SMILES string of the molecule is Cc1ccc(C(=O)N2C[C@H]3CCC(N)C[C@H]3C2)c(F)c1. The van der Waals surface area contributed by atoms with Gasteiger partial charge in [-0.05, 0) is 55.7 Å². The predicted octanol–water partition coefficient (Wildman–Crippen LogP) is 2.33. The highest BCUT2D eigenvalue weighted by atomic mass is 19.1. The average Bonchev–Trinajstić information content (AvgIpc) is 2.81. The summed E-state index contributed by atoms with van der Waals surface area (Å²) in [6.45, 7) is 3.30. The molecule has 108 valence electrons. The first kappa shape index (κ1) is 13.6. The van der Waals surface area contributed by atoms with Gasteiger partial charge in [0.25, 0.3) is 5.91 Å². The molecule has 4 heteroatoms. The first-order valence-electron chi connectivity index (χ1n) is 7.35. The van der Waals surface area contributed by atoms with Crippen LogP contribution in [0.5, 0.6) is 0 Å².